The number of ether oxygens (including phenoxy) is 1. The molecule has 1 rings (SSSR count). The first-order valence-electron chi connectivity index (χ1n) is 5.01. The first-order valence-corrected chi connectivity index (χ1v) is 5.01. The number of aliphatic hydroxyl groups excluding tert-OH is 1. The average Bonchev–Trinajstić information content (AvgIpc) is 2.17. The molecule has 2 heteroatoms. The Kier molecular flexibility index (Phi) is 3.96. The SMILES string of the molecule is CCCC(O)c1ccc(OC)cc1C. The molecule has 0 aliphatic rings. The monoisotopic (exact) mass is 194 g/mol. The van der Waals surface area contributed by atoms with Crippen LogP contribution in [0.15, 0.2) is 18.2 Å². The van der Waals surface area contributed by atoms with Crippen molar-refractivity contribution in [2.75, 3.05) is 7.11 Å². The molecular formula is C12H18O2. The Morgan fingerprint density at radius 3 is 2.64 bits per heavy atom. The minimum Gasteiger partial charge on any atom is -0.497 e. The van der Waals surface area contributed by atoms with Gasteiger partial charge in [-0.3, -0.25) is 0 Å². The van der Waals surface area contributed by atoms with Crippen LogP contribution < -0.4 is 4.74 Å². The maximum Gasteiger partial charge on any atom is 0.119 e. The lowest BCUT2D eigenvalue weighted by Gasteiger charge is -2.13. The summed E-state index contributed by atoms with van der Waals surface area (Å²) in [5.41, 5.74) is 2.10. The Bertz CT molecular complexity index is 294. The largest absolute Gasteiger partial charge is 0.497 e. The van der Waals surface area contributed by atoms with Crippen molar-refractivity contribution in [3.05, 3.63) is 29.3 Å². The van der Waals surface area contributed by atoms with E-state index < -0.39 is 0 Å². The highest BCUT2D eigenvalue weighted by molar-refractivity contribution is 5.35. The molecule has 78 valence electrons. The van der Waals surface area contributed by atoms with E-state index in [2.05, 4.69) is 6.92 Å². The van der Waals surface area contributed by atoms with Crippen molar-refractivity contribution in [1.29, 1.82) is 0 Å². The number of aliphatic hydroxyl groups is 1. The lowest BCUT2D eigenvalue weighted by Crippen LogP contribution is -1.99. The van der Waals surface area contributed by atoms with Crippen molar-refractivity contribution < 1.29 is 9.84 Å². The van der Waals surface area contributed by atoms with Gasteiger partial charge in [0.05, 0.1) is 13.2 Å². The molecule has 0 aromatic heterocycles. The highest BCUT2D eigenvalue weighted by Gasteiger charge is 2.09. The molecule has 0 bridgehead atoms. The van der Waals surface area contributed by atoms with Crippen molar-refractivity contribution in [2.24, 2.45) is 0 Å². The molecule has 0 heterocycles. The van der Waals surface area contributed by atoms with E-state index in [1.165, 1.54) is 0 Å². The summed E-state index contributed by atoms with van der Waals surface area (Å²) in [6.07, 6.45) is 1.46. The second-order valence-electron chi connectivity index (χ2n) is 3.53. The number of hydrogen-bond acceptors (Lipinski definition) is 2. The predicted molar refractivity (Wildman–Crippen MR) is 57.6 cm³/mol. The first kappa shape index (κ1) is 11.1. The predicted octanol–water partition coefficient (Wildman–Crippen LogP) is 2.84. The smallest absolute Gasteiger partial charge is 0.119 e. The van der Waals surface area contributed by atoms with Crippen LogP contribution in [0.25, 0.3) is 0 Å². The summed E-state index contributed by atoms with van der Waals surface area (Å²) in [7, 11) is 1.65. The summed E-state index contributed by atoms with van der Waals surface area (Å²) >= 11 is 0. The molecule has 1 aromatic rings. The highest BCUT2D eigenvalue weighted by Crippen LogP contribution is 2.25. The zero-order valence-electron chi connectivity index (χ0n) is 9.08. The van der Waals surface area contributed by atoms with Crippen molar-refractivity contribution >= 4 is 0 Å². The van der Waals surface area contributed by atoms with Crippen molar-refractivity contribution in [3.63, 3.8) is 0 Å². The Balaban J connectivity index is 2.88. The zero-order valence-corrected chi connectivity index (χ0v) is 9.08. The Hall–Kier alpha value is -1.02. The standard InChI is InChI=1S/C12H18O2/c1-4-5-12(13)11-7-6-10(14-3)8-9(11)2/h6-8,12-13H,4-5H2,1-3H3. The number of benzene rings is 1. The fourth-order valence-electron chi connectivity index (χ4n) is 1.58. The Labute approximate surface area is 85.5 Å². The van der Waals surface area contributed by atoms with Crippen LogP contribution in [0, 0.1) is 6.92 Å². The molecule has 0 saturated carbocycles. The summed E-state index contributed by atoms with van der Waals surface area (Å²) in [5.74, 6) is 0.843. The molecule has 0 aliphatic carbocycles. The number of rotatable bonds is 4. The van der Waals surface area contributed by atoms with Crippen LogP contribution in [0.3, 0.4) is 0 Å². The molecule has 0 spiro atoms. The van der Waals surface area contributed by atoms with Crippen molar-refractivity contribution in [1.82, 2.24) is 0 Å². The van der Waals surface area contributed by atoms with E-state index in [0.29, 0.717) is 0 Å². The van der Waals surface area contributed by atoms with Crippen LogP contribution in [-0.2, 0) is 0 Å². The third kappa shape index (κ3) is 2.48. The quantitative estimate of drug-likeness (QED) is 0.798. The maximum absolute atomic E-state index is 9.82. The van der Waals surface area contributed by atoms with Gasteiger partial charge < -0.3 is 9.84 Å². The first-order chi connectivity index (χ1) is 6.69. The maximum atomic E-state index is 9.82. The van der Waals surface area contributed by atoms with E-state index in [1.807, 2.05) is 25.1 Å². The van der Waals surface area contributed by atoms with E-state index >= 15 is 0 Å². The van der Waals surface area contributed by atoms with Crippen molar-refractivity contribution in [2.45, 2.75) is 32.8 Å². The topological polar surface area (TPSA) is 29.5 Å². The summed E-state index contributed by atoms with van der Waals surface area (Å²) < 4.78 is 5.11. The van der Waals surface area contributed by atoms with Gasteiger partial charge in [0.25, 0.3) is 0 Å². The van der Waals surface area contributed by atoms with Gasteiger partial charge in [0.2, 0.25) is 0 Å². The summed E-state index contributed by atoms with van der Waals surface area (Å²) in [6, 6.07) is 5.78. The van der Waals surface area contributed by atoms with Crippen LogP contribution in [0.4, 0.5) is 0 Å². The fourth-order valence-corrected chi connectivity index (χ4v) is 1.58. The lowest BCUT2D eigenvalue weighted by molar-refractivity contribution is 0.165. The molecule has 0 aliphatic heterocycles. The summed E-state index contributed by atoms with van der Waals surface area (Å²) in [6.45, 7) is 4.07. The van der Waals surface area contributed by atoms with Crippen LogP contribution in [0.5, 0.6) is 5.75 Å². The molecule has 0 radical (unpaired) electrons. The molecule has 2 nitrogen and oxygen atoms in total. The molecule has 1 atom stereocenters. The third-order valence-corrected chi connectivity index (χ3v) is 2.40. The van der Waals surface area contributed by atoms with E-state index in [-0.39, 0.29) is 6.10 Å². The van der Waals surface area contributed by atoms with Gasteiger partial charge in [-0.1, -0.05) is 19.4 Å². The molecule has 1 N–H and O–H groups in total. The van der Waals surface area contributed by atoms with Gasteiger partial charge in [-0.2, -0.15) is 0 Å². The second-order valence-corrected chi connectivity index (χ2v) is 3.53. The Morgan fingerprint density at radius 2 is 2.14 bits per heavy atom. The number of methoxy groups -OCH3 is 1. The van der Waals surface area contributed by atoms with Gasteiger partial charge in [0.1, 0.15) is 5.75 Å². The van der Waals surface area contributed by atoms with Gasteiger partial charge >= 0.3 is 0 Å². The summed E-state index contributed by atoms with van der Waals surface area (Å²) in [4.78, 5) is 0. The van der Waals surface area contributed by atoms with E-state index in [0.717, 1.165) is 29.7 Å². The molecule has 1 unspecified atom stereocenters. The molecule has 0 fully saturated rings. The lowest BCUT2D eigenvalue weighted by atomic mass is 10.00. The van der Waals surface area contributed by atoms with Crippen molar-refractivity contribution in [3.8, 4) is 5.75 Å². The number of aryl methyl sites for hydroxylation is 1. The Morgan fingerprint density at radius 1 is 1.43 bits per heavy atom. The van der Waals surface area contributed by atoms with Gasteiger partial charge in [-0.05, 0) is 36.6 Å². The van der Waals surface area contributed by atoms with Crippen LogP contribution in [0.2, 0.25) is 0 Å². The highest BCUT2D eigenvalue weighted by atomic mass is 16.5. The molecule has 0 saturated heterocycles. The summed E-state index contributed by atoms with van der Waals surface area (Å²) in [5, 5.41) is 9.82. The fraction of sp³-hybridized carbons (Fsp3) is 0.500. The van der Waals surface area contributed by atoms with Crippen LogP contribution in [0.1, 0.15) is 37.0 Å². The molecule has 0 amide bonds. The average molecular weight is 194 g/mol. The van der Waals surface area contributed by atoms with Gasteiger partial charge in [0, 0.05) is 0 Å². The molecule has 14 heavy (non-hydrogen) atoms. The zero-order chi connectivity index (χ0) is 10.6. The number of hydrogen-bond donors (Lipinski definition) is 1. The van der Waals surface area contributed by atoms with E-state index in [9.17, 15) is 5.11 Å². The van der Waals surface area contributed by atoms with E-state index in [4.69, 9.17) is 4.74 Å². The minimum atomic E-state index is -0.342. The minimum absolute atomic E-state index is 0.342. The normalized spacial score (nSPS) is 12.6. The molecular weight excluding hydrogens is 176 g/mol. The van der Waals surface area contributed by atoms with E-state index in [1.54, 1.807) is 7.11 Å². The third-order valence-electron chi connectivity index (χ3n) is 2.40. The molecule has 1 aromatic carbocycles. The van der Waals surface area contributed by atoms with Gasteiger partial charge in [-0.25, -0.2) is 0 Å². The van der Waals surface area contributed by atoms with Crippen LogP contribution in [-0.4, -0.2) is 12.2 Å². The van der Waals surface area contributed by atoms with Gasteiger partial charge in [-0.15, -0.1) is 0 Å². The van der Waals surface area contributed by atoms with Gasteiger partial charge in [0.15, 0.2) is 0 Å². The second kappa shape index (κ2) is 5.01. The van der Waals surface area contributed by atoms with Crippen LogP contribution >= 0.6 is 0 Å².